The van der Waals surface area contributed by atoms with Crippen molar-refractivity contribution in [1.29, 1.82) is 0 Å². The van der Waals surface area contributed by atoms with Crippen LogP contribution < -0.4 is 5.32 Å². The molecule has 0 unspecified atom stereocenters. The first-order valence-electron chi connectivity index (χ1n) is 5.50. The lowest BCUT2D eigenvalue weighted by Gasteiger charge is -2.06. The van der Waals surface area contributed by atoms with E-state index in [-0.39, 0.29) is 11.5 Å². The van der Waals surface area contributed by atoms with Crippen molar-refractivity contribution in [1.82, 2.24) is 9.78 Å². The van der Waals surface area contributed by atoms with E-state index in [0.29, 0.717) is 25.7 Å². The predicted octanol–water partition coefficient (Wildman–Crippen LogP) is 1.41. The van der Waals surface area contributed by atoms with E-state index >= 15 is 0 Å². The molecular formula is C10H18N4O3. The molecular weight excluding hydrogens is 224 g/mol. The van der Waals surface area contributed by atoms with E-state index in [9.17, 15) is 10.1 Å². The van der Waals surface area contributed by atoms with Crippen LogP contribution in [0.2, 0.25) is 0 Å². The van der Waals surface area contributed by atoms with Crippen LogP contribution in [-0.2, 0) is 11.8 Å². The Bertz CT molecular complexity index is 376. The van der Waals surface area contributed by atoms with Gasteiger partial charge in [-0.3, -0.25) is 14.8 Å². The first kappa shape index (κ1) is 13.4. The molecule has 1 rings (SSSR count). The maximum atomic E-state index is 10.7. The third-order valence-corrected chi connectivity index (χ3v) is 2.00. The van der Waals surface area contributed by atoms with Crippen molar-refractivity contribution in [2.45, 2.75) is 13.8 Å². The van der Waals surface area contributed by atoms with Gasteiger partial charge in [0.15, 0.2) is 0 Å². The maximum absolute atomic E-state index is 10.7. The second kappa shape index (κ2) is 6.19. The first-order chi connectivity index (χ1) is 8.00. The Balaban J connectivity index is 2.38. The number of aromatic nitrogens is 2. The molecule has 0 saturated heterocycles. The summed E-state index contributed by atoms with van der Waals surface area (Å²) in [6.07, 6.45) is 1.37. The molecule has 1 aromatic heterocycles. The van der Waals surface area contributed by atoms with Crippen molar-refractivity contribution in [3.8, 4) is 0 Å². The van der Waals surface area contributed by atoms with Crippen LogP contribution in [0.1, 0.15) is 13.8 Å². The van der Waals surface area contributed by atoms with E-state index < -0.39 is 4.92 Å². The molecule has 0 radical (unpaired) electrons. The number of anilines is 1. The van der Waals surface area contributed by atoms with Gasteiger partial charge >= 0.3 is 5.69 Å². The second-order valence-electron chi connectivity index (χ2n) is 4.19. The molecule has 0 saturated carbocycles. The quantitative estimate of drug-likeness (QED) is 0.444. The molecule has 96 valence electrons. The number of nitro groups is 1. The average Bonchev–Trinajstić information content (AvgIpc) is 2.59. The molecule has 0 bridgehead atoms. The zero-order valence-corrected chi connectivity index (χ0v) is 10.3. The lowest BCUT2D eigenvalue weighted by Crippen LogP contribution is -2.13. The molecule has 17 heavy (non-hydrogen) atoms. The average molecular weight is 242 g/mol. The molecule has 0 aliphatic heterocycles. The highest BCUT2D eigenvalue weighted by molar-refractivity contribution is 5.54. The van der Waals surface area contributed by atoms with Crippen LogP contribution in [0.5, 0.6) is 0 Å². The smallest absolute Gasteiger partial charge is 0.330 e. The summed E-state index contributed by atoms with van der Waals surface area (Å²) in [5, 5.41) is 17.6. The van der Waals surface area contributed by atoms with Crippen LogP contribution in [-0.4, -0.2) is 34.5 Å². The van der Waals surface area contributed by atoms with Gasteiger partial charge in [-0.05, 0) is 5.92 Å². The molecule has 0 aliphatic carbocycles. The molecule has 0 atom stereocenters. The summed E-state index contributed by atoms with van der Waals surface area (Å²) in [7, 11) is 1.65. The van der Waals surface area contributed by atoms with Crippen LogP contribution in [0.15, 0.2) is 6.20 Å². The van der Waals surface area contributed by atoms with Crippen molar-refractivity contribution in [3.63, 3.8) is 0 Å². The fourth-order valence-corrected chi connectivity index (χ4v) is 1.30. The number of hydrogen-bond donors (Lipinski definition) is 1. The third kappa shape index (κ3) is 4.39. The minimum atomic E-state index is -0.454. The fourth-order valence-electron chi connectivity index (χ4n) is 1.30. The number of nitrogens with zero attached hydrogens (tertiary/aromatic N) is 3. The summed E-state index contributed by atoms with van der Waals surface area (Å²) < 4.78 is 6.77. The maximum Gasteiger partial charge on any atom is 0.330 e. The Morgan fingerprint density at radius 1 is 1.65 bits per heavy atom. The first-order valence-corrected chi connectivity index (χ1v) is 5.50. The van der Waals surface area contributed by atoms with Crippen LogP contribution in [0.3, 0.4) is 0 Å². The SMILES string of the molecule is CC(C)COCCNc1nn(C)cc1[N+](=O)[O-]. The molecule has 0 spiro atoms. The van der Waals surface area contributed by atoms with Gasteiger partial charge < -0.3 is 10.1 Å². The van der Waals surface area contributed by atoms with Crippen molar-refractivity contribution in [2.75, 3.05) is 25.1 Å². The van der Waals surface area contributed by atoms with E-state index in [2.05, 4.69) is 24.3 Å². The molecule has 0 amide bonds. The lowest BCUT2D eigenvalue weighted by molar-refractivity contribution is -0.384. The third-order valence-electron chi connectivity index (χ3n) is 2.00. The van der Waals surface area contributed by atoms with E-state index in [1.54, 1.807) is 7.05 Å². The number of ether oxygens (including phenoxy) is 1. The lowest BCUT2D eigenvalue weighted by atomic mass is 10.2. The molecule has 0 aromatic carbocycles. The monoisotopic (exact) mass is 242 g/mol. The number of hydrogen-bond acceptors (Lipinski definition) is 5. The molecule has 7 nitrogen and oxygen atoms in total. The zero-order chi connectivity index (χ0) is 12.8. The number of rotatable bonds is 7. The van der Waals surface area contributed by atoms with Crippen molar-refractivity contribution in [3.05, 3.63) is 16.3 Å². The van der Waals surface area contributed by atoms with E-state index in [0.717, 1.165) is 0 Å². The minimum absolute atomic E-state index is 0.0173. The molecule has 1 N–H and O–H groups in total. The second-order valence-corrected chi connectivity index (χ2v) is 4.19. The van der Waals surface area contributed by atoms with Gasteiger partial charge in [0.1, 0.15) is 6.20 Å². The molecule has 0 fully saturated rings. The van der Waals surface area contributed by atoms with Crippen LogP contribution in [0.4, 0.5) is 11.5 Å². The highest BCUT2D eigenvalue weighted by atomic mass is 16.6. The van der Waals surface area contributed by atoms with Crippen LogP contribution in [0, 0.1) is 16.0 Å². The Kier molecular flexibility index (Phi) is 4.89. The van der Waals surface area contributed by atoms with Crippen LogP contribution in [0.25, 0.3) is 0 Å². The number of aryl methyl sites for hydroxylation is 1. The zero-order valence-electron chi connectivity index (χ0n) is 10.3. The van der Waals surface area contributed by atoms with Gasteiger partial charge in [-0.25, -0.2) is 0 Å². The van der Waals surface area contributed by atoms with E-state index in [1.807, 2.05) is 0 Å². The number of nitrogens with one attached hydrogen (secondary N) is 1. The largest absolute Gasteiger partial charge is 0.379 e. The minimum Gasteiger partial charge on any atom is -0.379 e. The Morgan fingerprint density at radius 3 is 2.94 bits per heavy atom. The fraction of sp³-hybridized carbons (Fsp3) is 0.700. The summed E-state index contributed by atoms with van der Waals surface area (Å²) in [5.41, 5.74) is -0.0173. The van der Waals surface area contributed by atoms with Gasteiger partial charge in [0.25, 0.3) is 0 Å². The summed E-state index contributed by atoms with van der Waals surface area (Å²) in [5.74, 6) is 0.768. The topological polar surface area (TPSA) is 82.2 Å². The molecule has 7 heteroatoms. The molecule has 1 aromatic rings. The summed E-state index contributed by atoms with van der Waals surface area (Å²) in [6, 6.07) is 0. The van der Waals surface area contributed by atoms with Gasteiger partial charge in [0.05, 0.1) is 11.5 Å². The van der Waals surface area contributed by atoms with Crippen LogP contribution >= 0.6 is 0 Å². The van der Waals surface area contributed by atoms with Gasteiger partial charge in [0.2, 0.25) is 5.82 Å². The summed E-state index contributed by atoms with van der Waals surface area (Å²) in [4.78, 5) is 10.2. The Labute approximate surface area is 99.9 Å². The standard InChI is InChI=1S/C10H18N4O3/c1-8(2)7-17-5-4-11-10-9(14(15)16)6-13(3)12-10/h6,8H,4-5,7H2,1-3H3,(H,11,12). The van der Waals surface area contributed by atoms with Gasteiger partial charge in [-0.1, -0.05) is 13.8 Å². The molecule has 0 aliphatic rings. The predicted molar refractivity (Wildman–Crippen MR) is 64.0 cm³/mol. The van der Waals surface area contributed by atoms with Gasteiger partial charge in [-0.2, -0.15) is 0 Å². The normalized spacial score (nSPS) is 10.8. The highest BCUT2D eigenvalue weighted by Crippen LogP contribution is 2.20. The Morgan fingerprint density at radius 2 is 2.35 bits per heavy atom. The van der Waals surface area contributed by atoms with Crippen molar-refractivity contribution in [2.24, 2.45) is 13.0 Å². The summed E-state index contributed by atoms with van der Waals surface area (Å²) in [6.45, 7) is 5.83. The van der Waals surface area contributed by atoms with E-state index in [1.165, 1.54) is 10.9 Å². The van der Waals surface area contributed by atoms with Crippen molar-refractivity contribution < 1.29 is 9.66 Å². The summed E-state index contributed by atoms with van der Waals surface area (Å²) >= 11 is 0. The van der Waals surface area contributed by atoms with E-state index in [4.69, 9.17) is 4.74 Å². The van der Waals surface area contributed by atoms with Gasteiger partial charge in [-0.15, -0.1) is 5.10 Å². The molecule has 1 heterocycles. The highest BCUT2D eigenvalue weighted by Gasteiger charge is 2.17. The Hall–Kier alpha value is -1.63. The van der Waals surface area contributed by atoms with Crippen molar-refractivity contribution >= 4 is 11.5 Å². The van der Waals surface area contributed by atoms with Gasteiger partial charge in [0, 0.05) is 20.2 Å².